The Morgan fingerprint density at radius 2 is 1.96 bits per heavy atom. The zero-order valence-corrected chi connectivity index (χ0v) is 13.9. The van der Waals surface area contributed by atoms with E-state index in [4.69, 9.17) is 0 Å². The van der Waals surface area contributed by atoms with Gasteiger partial charge < -0.3 is 9.88 Å². The number of amides is 1. The quantitative estimate of drug-likeness (QED) is 0.881. The number of anilines is 1. The van der Waals surface area contributed by atoms with Crippen molar-refractivity contribution in [2.45, 2.75) is 30.7 Å². The molecule has 6 nitrogen and oxygen atoms in total. The maximum atomic E-state index is 12.5. The number of nitrogens with one attached hydrogen (secondary N) is 2. The second-order valence-corrected chi connectivity index (χ2v) is 7.48. The Bertz CT molecular complexity index is 851. The minimum Gasteiger partial charge on any atom is -0.340 e. The first kappa shape index (κ1) is 15.8. The summed E-state index contributed by atoms with van der Waals surface area (Å²) in [6.07, 6.45) is 4.08. The number of hydrogen-bond donors (Lipinski definition) is 2. The molecular formula is C16H19N3O3S. The number of hydrogen-bond acceptors (Lipinski definition) is 3. The molecule has 1 heterocycles. The van der Waals surface area contributed by atoms with Gasteiger partial charge in [0, 0.05) is 17.9 Å². The molecule has 0 atom stereocenters. The Kier molecular flexibility index (Phi) is 3.99. The molecule has 0 aliphatic heterocycles. The molecule has 0 bridgehead atoms. The van der Waals surface area contributed by atoms with Crippen LogP contribution < -0.4 is 10.0 Å². The topological polar surface area (TPSA) is 80.2 Å². The lowest BCUT2D eigenvalue weighted by Crippen LogP contribution is -2.21. The number of rotatable bonds is 5. The van der Waals surface area contributed by atoms with E-state index in [0.717, 1.165) is 12.8 Å². The van der Waals surface area contributed by atoms with E-state index in [-0.39, 0.29) is 10.8 Å². The summed E-state index contributed by atoms with van der Waals surface area (Å²) in [5, 5.41) is 2.82. The Balaban J connectivity index is 1.90. The molecule has 122 valence electrons. The number of carbonyl (C=O) groups is 1. The molecule has 1 aromatic heterocycles. The van der Waals surface area contributed by atoms with Crippen LogP contribution in [-0.4, -0.2) is 25.9 Å². The van der Waals surface area contributed by atoms with E-state index in [9.17, 15) is 13.2 Å². The van der Waals surface area contributed by atoms with Gasteiger partial charge in [-0.3, -0.25) is 4.79 Å². The average molecular weight is 333 g/mol. The van der Waals surface area contributed by atoms with Crippen molar-refractivity contribution >= 4 is 21.6 Å². The molecule has 1 fully saturated rings. The second kappa shape index (κ2) is 5.82. The summed E-state index contributed by atoms with van der Waals surface area (Å²) in [6.45, 7) is 1.68. The minimum absolute atomic E-state index is 0.162. The first-order chi connectivity index (χ1) is 10.9. The summed E-state index contributed by atoms with van der Waals surface area (Å²) in [4.78, 5) is 12.7. The fourth-order valence-electron chi connectivity index (χ4n) is 2.59. The SMILES string of the molecule is CNS(=O)(=O)c1cccc(NC(=O)c2cccn2C2CC2)c1C. The van der Waals surface area contributed by atoms with Crippen molar-refractivity contribution in [3.05, 3.63) is 47.8 Å². The third-order valence-corrected chi connectivity index (χ3v) is 5.60. The molecule has 1 aromatic carbocycles. The maximum Gasteiger partial charge on any atom is 0.272 e. The van der Waals surface area contributed by atoms with Crippen molar-refractivity contribution in [3.63, 3.8) is 0 Å². The molecule has 2 N–H and O–H groups in total. The fourth-order valence-corrected chi connectivity index (χ4v) is 3.59. The Labute approximate surface area is 135 Å². The van der Waals surface area contributed by atoms with Gasteiger partial charge in [0.15, 0.2) is 0 Å². The Hall–Kier alpha value is -2.12. The molecule has 0 saturated heterocycles. The van der Waals surface area contributed by atoms with Crippen LogP contribution in [0.5, 0.6) is 0 Å². The van der Waals surface area contributed by atoms with Crippen molar-refractivity contribution in [1.29, 1.82) is 0 Å². The average Bonchev–Trinajstić information content (AvgIpc) is 3.25. The highest BCUT2D eigenvalue weighted by atomic mass is 32.2. The number of aromatic nitrogens is 1. The van der Waals surface area contributed by atoms with Crippen LogP contribution in [0.4, 0.5) is 5.69 Å². The smallest absolute Gasteiger partial charge is 0.272 e. The van der Waals surface area contributed by atoms with E-state index in [1.165, 1.54) is 13.1 Å². The highest BCUT2D eigenvalue weighted by Gasteiger charge is 2.27. The first-order valence-corrected chi connectivity index (χ1v) is 8.93. The molecule has 0 radical (unpaired) electrons. The van der Waals surface area contributed by atoms with Crippen LogP contribution in [-0.2, 0) is 10.0 Å². The summed E-state index contributed by atoms with van der Waals surface area (Å²) in [5.41, 5.74) is 1.60. The summed E-state index contributed by atoms with van der Waals surface area (Å²) in [7, 11) is -2.20. The maximum absolute atomic E-state index is 12.5. The standard InChI is InChI=1S/C16H19N3O3S/c1-11-13(5-3-7-15(11)23(21,22)17-2)18-16(20)14-6-4-10-19(14)12-8-9-12/h3-7,10,12,17H,8-9H2,1-2H3,(H,18,20). The number of carbonyl (C=O) groups excluding carboxylic acids is 1. The molecule has 1 saturated carbocycles. The monoisotopic (exact) mass is 333 g/mol. The van der Waals surface area contributed by atoms with E-state index in [1.807, 2.05) is 16.8 Å². The Morgan fingerprint density at radius 1 is 1.22 bits per heavy atom. The van der Waals surface area contributed by atoms with Gasteiger partial charge in [-0.05, 0) is 56.6 Å². The van der Waals surface area contributed by atoms with Crippen LogP contribution in [0.3, 0.4) is 0 Å². The third kappa shape index (κ3) is 3.02. The van der Waals surface area contributed by atoms with Gasteiger partial charge in [-0.15, -0.1) is 0 Å². The van der Waals surface area contributed by atoms with Gasteiger partial charge >= 0.3 is 0 Å². The van der Waals surface area contributed by atoms with E-state index < -0.39 is 10.0 Å². The van der Waals surface area contributed by atoms with Gasteiger partial charge in [-0.1, -0.05) is 6.07 Å². The number of sulfonamides is 1. The predicted octanol–water partition coefficient (Wildman–Crippen LogP) is 2.29. The van der Waals surface area contributed by atoms with Crippen molar-refractivity contribution in [2.75, 3.05) is 12.4 Å². The lowest BCUT2D eigenvalue weighted by molar-refractivity contribution is 0.101. The Morgan fingerprint density at radius 3 is 2.61 bits per heavy atom. The van der Waals surface area contributed by atoms with Crippen molar-refractivity contribution in [3.8, 4) is 0 Å². The van der Waals surface area contributed by atoms with E-state index in [1.54, 1.807) is 25.1 Å². The molecule has 1 amide bonds. The van der Waals surface area contributed by atoms with Crippen LogP contribution in [0.1, 0.15) is 34.9 Å². The van der Waals surface area contributed by atoms with Gasteiger partial charge in [-0.2, -0.15) is 0 Å². The molecule has 7 heteroatoms. The predicted molar refractivity (Wildman–Crippen MR) is 88.1 cm³/mol. The second-order valence-electron chi connectivity index (χ2n) is 5.62. The number of benzene rings is 1. The summed E-state index contributed by atoms with van der Waals surface area (Å²) >= 11 is 0. The largest absolute Gasteiger partial charge is 0.340 e. The molecule has 2 aromatic rings. The van der Waals surface area contributed by atoms with Gasteiger partial charge in [0.1, 0.15) is 5.69 Å². The van der Waals surface area contributed by atoms with Gasteiger partial charge in [-0.25, -0.2) is 13.1 Å². The zero-order valence-electron chi connectivity index (χ0n) is 13.0. The molecular weight excluding hydrogens is 314 g/mol. The molecule has 3 rings (SSSR count). The highest BCUT2D eigenvalue weighted by molar-refractivity contribution is 7.89. The first-order valence-electron chi connectivity index (χ1n) is 7.45. The summed E-state index contributed by atoms with van der Waals surface area (Å²) in [5.74, 6) is -0.232. The van der Waals surface area contributed by atoms with Crippen molar-refractivity contribution in [2.24, 2.45) is 0 Å². The third-order valence-electron chi connectivity index (χ3n) is 4.04. The fraction of sp³-hybridized carbons (Fsp3) is 0.312. The number of nitrogens with zero attached hydrogens (tertiary/aromatic N) is 1. The van der Waals surface area contributed by atoms with Gasteiger partial charge in [0.05, 0.1) is 4.90 Å². The zero-order chi connectivity index (χ0) is 16.6. The van der Waals surface area contributed by atoms with E-state index in [2.05, 4.69) is 10.0 Å². The lowest BCUT2D eigenvalue weighted by Gasteiger charge is -2.13. The van der Waals surface area contributed by atoms with Crippen LogP contribution in [0, 0.1) is 6.92 Å². The lowest BCUT2D eigenvalue weighted by atomic mass is 10.2. The van der Waals surface area contributed by atoms with Gasteiger partial charge in [0.2, 0.25) is 10.0 Å². The van der Waals surface area contributed by atoms with E-state index in [0.29, 0.717) is 23.0 Å². The molecule has 0 unspecified atom stereocenters. The van der Waals surface area contributed by atoms with Gasteiger partial charge in [0.25, 0.3) is 5.91 Å². The van der Waals surface area contributed by atoms with Crippen LogP contribution >= 0.6 is 0 Å². The van der Waals surface area contributed by atoms with Crippen LogP contribution in [0.2, 0.25) is 0 Å². The molecule has 1 aliphatic carbocycles. The molecule has 1 aliphatic rings. The molecule has 0 spiro atoms. The van der Waals surface area contributed by atoms with Crippen LogP contribution in [0.25, 0.3) is 0 Å². The van der Waals surface area contributed by atoms with Crippen molar-refractivity contribution < 1.29 is 13.2 Å². The summed E-state index contributed by atoms with van der Waals surface area (Å²) < 4.78 is 28.3. The van der Waals surface area contributed by atoms with E-state index >= 15 is 0 Å². The van der Waals surface area contributed by atoms with Crippen LogP contribution in [0.15, 0.2) is 41.4 Å². The summed E-state index contributed by atoms with van der Waals surface area (Å²) in [6, 6.07) is 8.87. The minimum atomic E-state index is -3.56. The highest BCUT2D eigenvalue weighted by Crippen LogP contribution is 2.36. The normalized spacial score (nSPS) is 14.7. The molecule has 23 heavy (non-hydrogen) atoms. The van der Waals surface area contributed by atoms with Crippen molar-refractivity contribution in [1.82, 2.24) is 9.29 Å².